The number of urea groups is 1. The molecule has 0 spiro atoms. The van der Waals surface area contributed by atoms with Crippen LogP contribution in [0.5, 0.6) is 0 Å². The van der Waals surface area contributed by atoms with Crippen LogP contribution in [0.3, 0.4) is 0 Å². The minimum Gasteiger partial charge on any atom is -0.350 e. The summed E-state index contributed by atoms with van der Waals surface area (Å²) in [5.41, 5.74) is 3.19. The molecule has 2 aromatic rings. The zero-order valence-electron chi connectivity index (χ0n) is 14.7. The summed E-state index contributed by atoms with van der Waals surface area (Å²) in [7, 11) is 0. The minimum absolute atomic E-state index is 0.0801. The predicted molar refractivity (Wildman–Crippen MR) is 102 cm³/mol. The Labute approximate surface area is 158 Å². The van der Waals surface area contributed by atoms with Crippen molar-refractivity contribution >= 4 is 23.5 Å². The van der Waals surface area contributed by atoms with Crippen molar-refractivity contribution in [1.29, 1.82) is 0 Å². The van der Waals surface area contributed by atoms with Crippen LogP contribution in [0, 0.1) is 6.92 Å². The molecule has 0 radical (unpaired) electrons. The highest BCUT2D eigenvalue weighted by Crippen LogP contribution is 2.16. The third-order valence-corrected chi connectivity index (χ3v) is 4.59. The molecule has 0 aliphatic carbocycles. The summed E-state index contributed by atoms with van der Waals surface area (Å²) in [5.74, 6) is -0.149. The summed E-state index contributed by atoms with van der Waals surface area (Å²) in [6, 6.07) is 15.3. The molecule has 1 fully saturated rings. The Kier molecular flexibility index (Phi) is 5.78. The molecule has 26 heavy (non-hydrogen) atoms. The molecule has 0 atom stereocenters. The fourth-order valence-corrected chi connectivity index (χ4v) is 3.25. The Morgan fingerprint density at radius 2 is 1.81 bits per heavy atom. The standard InChI is InChI=1S/C20H22ClN3O2/c1-15-4-2-5-16(10-15)12-22-19(25)14-24-9-8-23(20(24)26)13-17-6-3-7-18(21)11-17/h2-7,10-11H,8-9,12-14H2,1H3,(H,22,25). The van der Waals surface area contributed by atoms with E-state index in [1.54, 1.807) is 9.80 Å². The van der Waals surface area contributed by atoms with Crippen LogP contribution in [-0.4, -0.2) is 41.4 Å². The average molecular weight is 372 g/mol. The fraction of sp³-hybridized carbons (Fsp3) is 0.300. The number of hydrogen-bond donors (Lipinski definition) is 1. The highest BCUT2D eigenvalue weighted by atomic mass is 35.5. The largest absolute Gasteiger partial charge is 0.350 e. The lowest BCUT2D eigenvalue weighted by atomic mass is 10.1. The molecule has 1 saturated heterocycles. The smallest absolute Gasteiger partial charge is 0.320 e. The summed E-state index contributed by atoms with van der Waals surface area (Å²) < 4.78 is 0. The molecule has 1 heterocycles. The fourth-order valence-electron chi connectivity index (χ4n) is 3.03. The zero-order chi connectivity index (χ0) is 18.5. The van der Waals surface area contributed by atoms with Gasteiger partial charge in [-0.25, -0.2) is 4.79 Å². The molecule has 136 valence electrons. The first-order valence-electron chi connectivity index (χ1n) is 8.62. The average Bonchev–Trinajstić information content (AvgIpc) is 2.93. The van der Waals surface area contributed by atoms with Gasteiger partial charge in [0.25, 0.3) is 0 Å². The minimum atomic E-state index is -0.149. The molecule has 0 bridgehead atoms. The van der Waals surface area contributed by atoms with Crippen molar-refractivity contribution < 1.29 is 9.59 Å². The second kappa shape index (κ2) is 8.23. The number of amides is 3. The Morgan fingerprint density at radius 3 is 2.58 bits per heavy atom. The van der Waals surface area contributed by atoms with Gasteiger partial charge in [0.2, 0.25) is 5.91 Å². The highest BCUT2D eigenvalue weighted by molar-refractivity contribution is 6.30. The molecule has 0 unspecified atom stereocenters. The van der Waals surface area contributed by atoms with E-state index in [1.165, 1.54) is 0 Å². The molecule has 3 amide bonds. The van der Waals surface area contributed by atoms with Gasteiger partial charge in [-0.2, -0.15) is 0 Å². The molecule has 0 aromatic heterocycles. The van der Waals surface area contributed by atoms with Crippen LogP contribution in [-0.2, 0) is 17.9 Å². The SMILES string of the molecule is Cc1cccc(CNC(=O)CN2CCN(Cc3cccc(Cl)c3)C2=O)c1. The first-order valence-corrected chi connectivity index (χ1v) is 8.99. The third kappa shape index (κ3) is 4.76. The molecular formula is C20H22ClN3O2. The maximum atomic E-state index is 12.5. The van der Waals surface area contributed by atoms with E-state index >= 15 is 0 Å². The molecule has 3 rings (SSSR count). The summed E-state index contributed by atoms with van der Waals surface area (Å²) in [6.45, 7) is 4.22. The first-order chi connectivity index (χ1) is 12.5. The number of halogens is 1. The second-order valence-corrected chi connectivity index (χ2v) is 6.96. The number of rotatable bonds is 6. The van der Waals surface area contributed by atoms with Crippen LogP contribution in [0.1, 0.15) is 16.7 Å². The van der Waals surface area contributed by atoms with E-state index in [0.717, 1.165) is 16.7 Å². The monoisotopic (exact) mass is 371 g/mol. The predicted octanol–water partition coefficient (Wildman–Crippen LogP) is 3.20. The van der Waals surface area contributed by atoms with E-state index in [2.05, 4.69) is 5.32 Å². The van der Waals surface area contributed by atoms with Crippen LogP contribution < -0.4 is 5.32 Å². The number of aryl methyl sites for hydroxylation is 1. The molecule has 1 aliphatic heterocycles. The second-order valence-electron chi connectivity index (χ2n) is 6.52. The summed E-state index contributed by atoms with van der Waals surface area (Å²) in [4.78, 5) is 28.0. The lowest BCUT2D eigenvalue weighted by Gasteiger charge is -2.18. The van der Waals surface area contributed by atoms with E-state index in [-0.39, 0.29) is 18.5 Å². The topological polar surface area (TPSA) is 52.7 Å². The van der Waals surface area contributed by atoms with Gasteiger partial charge in [-0.05, 0) is 30.2 Å². The van der Waals surface area contributed by atoms with Crippen molar-refractivity contribution in [3.63, 3.8) is 0 Å². The third-order valence-electron chi connectivity index (χ3n) is 4.35. The number of carbonyl (C=O) groups is 2. The van der Waals surface area contributed by atoms with Gasteiger partial charge in [0.05, 0.1) is 0 Å². The van der Waals surface area contributed by atoms with Gasteiger partial charge in [-0.15, -0.1) is 0 Å². The van der Waals surface area contributed by atoms with Crippen LogP contribution in [0.2, 0.25) is 5.02 Å². The van der Waals surface area contributed by atoms with Crippen LogP contribution in [0.4, 0.5) is 4.79 Å². The first kappa shape index (κ1) is 18.3. The van der Waals surface area contributed by atoms with Crippen LogP contribution in [0.15, 0.2) is 48.5 Å². The Morgan fingerprint density at radius 1 is 1.08 bits per heavy atom. The number of hydrogen-bond acceptors (Lipinski definition) is 2. The van der Waals surface area contributed by atoms with Gasteiger partial charge in [-0.1, -0.05) is 53.6 Å². The van der Waals surface area contributed by atoms with E-state index < -0.39 is 0 Å². The number of nitrogens with one attached hydrogen (secondary N) is 1. The summed E-state index contributed by atoms with van der Waals surface area (Å²) in [5, 5.41) is 3.53. The van der Waals surface area contributed by atoms with Gasteiger partial charge < -0.3 is 15.1 Å². The Hall–Kier alpha value is -2.53. The normalized spacial score (nSPS) is 14.0. The van der Waals surface area contributed by atoms with Gasteiger partial charge in [0.15, 0.2) is 0 Å². The Balaban J connectivity index is 1.49. The molecule has 5 nitrogen and oxygen atoms in total. The Bertz CT molecular complexity index is 809. The van der Waals surface area contributed by atoms with Crippen molar-refractivity contribution in [3.05, 3.63) is 70.2 Å². The molecule has 1 aliphatic rings. The van der Waals surface area contributed by atoms with Gasteiger partial charge in [-0.3, -0.25) is 4.79 Å². The zero-order valence-corrected chi connectivity index (χ0v) is 15.5. The lowest BCUT2D eigenvalue weighted by Crippen LogP contribution is -2.39. The quantitative estimate of drug-likeness (QED) is 0.847. The van der Waals surface area contributed by atoms with Crippen molar-refractivity contribution in [3.8, 4) is 0 Å². The van der Waals surface area contributed by atoms with Crippen LogP contribution in [0.25, 0.3) is 0 Å². The van der Waals surface area contributed by atoms with E-state index in [1.807, 2.05) is 55.5 Å². The molecule has 6 heteroatoms. The van der Waals surface area contributed by atoms with Crippen LogP contribution >= 0.6 is 11.6 Å². The summed E-state index contributed by atoms with van der Waals surface area (Å²) in [6.07, 6.45) is 0. The van der Waals surface area contributed by atoms with Crippen molar-refractivity contribution in [2.24, 2.45) is 0 Å². The van der Waals surface area contributed by atoms with E-state index in [9.17, 15) is 9.59 Å². The number of carbonyl (C=O) groups excluding carboxylic acids is 2. The summed E-state index contributed by atoms with van der Waals surface area (Å²) >= 11 is 5.99. The van der Waals surface area contributed by atoms with E-state index in [0.29, 0.717) is 31.2 Å². The lowest BCUT2D eigenvalue weighted by molar-refractivity contribution is -0.121. The molecule has 0 saturated carbocycles. The van der Waals surface area contributed by atoms with Crippen molar-refractivity contribution in [1.82, 2.24) is 15.1 Å². The maximum absolute atomic E-state index is 12.5. The van der Waals surface area contributed by atoms with Gasteiger partial charge >= 0.3 is 6.03 Å². The number of nitrogens with zero attached hydrogens (tertiary/aromatic N) is 2. The maximum Gasteiger partial charge on any atom is 0.320 e. The van der Waals surface area contributed by atoms with Crippen molar-refractivity contribution in [2.75, 3.05) is 19.6 Å². The molecular weight excluding hydrogens is 350 g/mol. The van der Waals surface area contributed by atoms with Gasteiger partial charge in [0.1, 0.15) is 6.54 Å². The highest BCUT2D eigenvalue weighted by Gasteiger charge is 2.29. The number of benzene rings is 2. The van der Waals surface area contributed by atoms with Gasteiger partial charge in [0, 0.05) is 31.2 Å². The van der Waals surface area contributed by atoms with Crippen molar-refractivity contribution in [2.45, 2.75) is 20.0 Å². The molecule has 1 N–H and O–H groups in total. The van der Waals surface area contributed by atoms with E-state index in [4.69, 9.17) is 11.6 Å². The molecule has 2 aromatic carbocycles.